The Balaban J connectivity index is 2.19. The quantitative estimate of drug-likeness (QED) is 0.903. The number of nitrogens with zero attached hydrogens (tertiary/aromatic N) is 1. The second-order valence-corrected chi connectivity index (χ2v) is 5.71. The molecule has 2 nitrogen and oxygen atoms in total. The maximum Gasteiger partial charge on any atom is 0.0653 e. The van der Waals surface area contributed by atoms with E-state index in [4.69, 9.17) is 28.5 Å². The molecule has 0 amide bonds. The average molecular weight is 295 g/mol. The van der Waals surface area contributed by atoms with Crippen molar-refractivity contribution in [1.29, 1.82) is 5.26 Å². The summed E-state index contributed by atoms with van der Waals surface area (Å²) in [5, 5.41) is 13.5. The molecule has 0 saturated carbocycles. The molecule has 0 spiro atoms. The topological polar surface area (TPSA) is 35.8 Å². The lowest BCUT2D eigenvalue weighted by Gasteiger charge is -2.24. The highest BCUT2D eigenvalue weighted by Gasteiger charge is 2.16. The van der Waals surface area contributed by atoms with Crippen LogP contribution in [0, 0.1) is 17.2 Å². The number of hydrogen-bond donors (Lipinski definition) is 1. The van der Waals surface area contributed by atoms with Crippen LogP contribution in [-0.2, 0) is 0 Å². The zero-order valence-electron chi connectivity index (χ0n) is 10.8. The summed E-state index contributed by atoms with van der Waals surface area (Å²) in [6.45, 7) is 2.87. The van der Waals surface area contributed by atoms with E-state index in [-0.39, 0.29) is 12.0 Å². The minimum Gasteiger partial charge on any atom is -0.310 e. The van der Waals surface area contributed by atoms with E-state index in [2.05, 4.69) is 17.5 Å². The highest BCUT2D eigenvalue weighted by Crippen LogP contribution is 2.29. The molecule has 0 aliphatic carbocycles. The lowest BCUT2D eigenvalue weighted by Crippen LogP contribution is -2.33. The van der Waals surface area contributed by atoms with E-state index < -0.39 is 0 Å². The van der Waals surface area contributed by atoms with Crippen molar-refractivity contribution >= 4 is 28.8 Å². The molecular weight excluding hydrogens is 279 g/mol. The molecule has 100 valence electrons. The van der Waals surface area contributed by atoms with Crippen molar-refractivity contribution in [2.24, 2.45) is 5.92 Å². The van der Waals surface area contributed by atoms with Gasteiger partial charge in [-0.2, -0.15) is 5.26 Å². The summed E-state index contributed by atoms with van der Waals surface area (Å²) < 4.78 is 0. The van der Waals surface area contributed by atoms with E-state index in [0.29, 0.717) is 10.0 Å². The zero-order chi connectivity index (χ0) is 13.8. The Morgan fingerprint density at radius 2 is 2.21 bits per heavy atom. The molecule has 0 radical (unpaired) electrons. The van der Waals surface area contributed by atoms with Gasteiger partial charge in [-0.15, -0.1) is 0 Å². The summed E-state index contributed by atoms with van der Waals surface area (Å²) in [5.74, 6) is 0.0573. The molecule has 4 heteroatoms. The fraction of sp³-hybridized carbons (Fsp3) is 0.400. The van der Waals surface area contributed by atoms with Gasteiger partial charge in [0.1, 0.15) is 0 Å². The van der Waals surface area contributed by atoms with Crippen molar-refractivity contribution < 1.29 is 0 Å². The SMILES string of the molecule is CC(C#N)CC1C=C(c2ccc(Cl)c(Cl)c2)CCN1. The first-order chi connectivity index (χ1) is 9.10. The third kappa shape index (κ3) is 3.73. The van der Waals surface area contributed by atoms with Crippen LogP contribution in [0.4, 0.5) is 0 Å². The van der Waals surface area contributed by atoms with Gasteiger partial charge in [0.2, 0.25) is 0 Å². The zero-order valence-corrected chi connectivity index (χ0v) is 12.3. The van der Waals surface area contributed by atoms with Crippen LogP contribution < -0.4 is 5.32 Å². The van der Waals surface area contributed by atoms with Crippen molar-refractivity contribution in [3.05, 3.63) is 39.9 Å². The minimum absolute atomic E-state index is 0.0573. The van der Waals surface area contributed by atoms with Crippen molar-refractivity contribution in [2.45, 2.75) is 25.8 Å². The normalized spacial score (nSPS) is 20.5. The molecule has 0 saturated heterocycles. The summed E-state index contributed by atoms with van der Waals surface area (Å²) in [4.78, 5) is 0. The van der Waals surface area contributed by atoms with Crippen LogP contribution in [0.5, 0.6) is 0 Å². The molecule has 0 bridgehead atoms. The minimum atomic E-state index is 0.0573. The molecular formula is C15H16Cl2N2. The number of nitrogens with one attached hydrogen (secondary N) is 1. The molecule has 2 unspecified atom stereocenters. The summed E-state index contributed by atoms with van der Waals surface area (Å²) in [6.07, 6.45) is 4.01. The Bertz CT molecular complexity index is 531. The van der Waals surface area contributed by atoms with Gasteiger partial charge in [0.05, 0.1) is 16.1 Å². The highest BCUT2D eigenvalue weighted by atomic mass is 35.5. The van der Waals surface area contributed by atoms with Gasteiger partial charge in [-0.25, -0.2) is 0 Å². The maximum absolute atomic E-state index is 8.88. The highest BCUT2D eigenvalue weighted by molar-refractivity contribution is 6.42. The Hall–Kier alpha value is -1.01. The largest absolute Gasteiger partial charge is 0.310 e. The predicted molar refractivity (Wildman–Crippen MR) is 80.2 cm³/mol. The van der Waals surface area contributed by atoms with E-state index in [1.165, 1.54) is 5.57 Å². The number of hydrogen-bond acceptors (Lipinski definition) is 2. The van der Waals surface area contributed by atoms with Gasteiger partial charge in [-0.3, -0.25) is 0 Å². The molecule has 1 aromatic rings. The van der Waals surface area contributed by atoms with E-state index in [9.17, 15) is 0 Å². The molecule has 1 aliphatic rings. The van der Waals surface area contributed by atoms with Gasteiger partial charge >= 0.3 is 0 Å². The summed E-state index contributed by atoms with van der Waals surface area (Å²) in [7, 11) is 0. The Morgan fingerprint density at radius 1 is 1.42 bits per heavy atom. The summed E-state index contributed by atoms with van der Waals surface area (Å²) in [5.41, 5.74) is 2.39. The van der Waals surface area contributed by atoms with Gasteiger partial charge in [-0.1, -0.05) is 35.3 Å². The van der Waals surface area contributed by atoms with Crippen LogP contribution >= 0.6 is 23.2 Å². The van der Waals surface area contributed by atoms with Gasteiger partial charge in [0.25, 0.3) is 0 Å². The molecule has 1 heterocycles. The third-order valence-electron chi connectivity index (χ3n) is 3.32. The molecule has 0 fully saturated rings. The Labute approximate surface area is 124 Å². The van der Waals surface area contributed by atoms with E-state index >= 15 is 0 Å². The average Bonchev–Trinajstić information content (AvgIpc) is 2.42. The molecule has 19 heavy (non-hydrogen) atoms. The lowest BCUT2D eigenvalue weighted by atomic mass is 9.93. The number of rotatable bonds is 3. The fourth-order valence-corrected chi connectivity index (χ4v) is 2.60. The standard InChI is InChI=1S/C15H16Cl2N2/c1-10(9-18)6-13-7-12(4-5-19-13)11-2-3-14(16)15(17)8-11/h2-3,7-8,10,13,19H,4-6H2,1H3. The number of benzene rings is 1. The lowest BCUT2D eigenvalue weighted by molar-refractivity contribution is 0.499. The molecule has 2 rings (SSSR count). The third-order valence-corrected chi connectivity index (χ3v) is 4.06. The van der Waals surface area contributed by atoms with Gasteiger partial charge in [-0.05, 0) is 49.6 Å². The first kappa shape index (κ1) is 14.4. The maximum atomic E-state index is 8.88. The van der Waals surface area contributed by atoms with Crippen LogP contribution in [0.25, 0.3) is 5.57 Å². The van der Waals surface area contributed by atoms with Crippen molar-refractivity contribution in [2.75, 3.05) is 6.54 Å². The van der Waals surface area contributed by atoms with Gasteiger partial charge in [0, 0.05) is 12.0 Å². The smallest absolute Gasteiger partial charge is 0.0653 e. The van der Waals surface area contributed by atoms with Crippen LogP contribution in [0.3, 0.4) is 0 Å². The van der Waals surface area contributed by atoms with E-state index in [0.717, 1.165) is 24.9 Å². The Morgan fingerprint density at radius 3 is 2.89 bits per heavy atom. The second-order valence-electron chi connectivity index (χ2n) is 4.90. The molecule has 1 N–H and O–H groups in total. The number of halogens is 2. The summed E-state index contributed by atoms with van der Waals surface area (Å²) >= 11 is 12.0. The van der Waals surface area contributed by atoms with Crippen LogP contribution in [0.2, 0.25) is 10.0 Å². The van der Waals surface area contributed by atoms with Crippen molar-refractivity contribution in [1.82, 2.24) is 5.32 Å². The van der Waals surface area contributed by atoms with Crippen molar-refractivity contribution in [3.8, 4) is 6.07 Å². The first-order valence-electron chi connectivity index (χ1n) is 6.39. The second kappa shape index (κ2) is 6.43. The predicted octanol–water partition coefficient (Wildman–Crippen LogP) is 4.29. The van der Waals surface area contributed by atoms with Crippen LogP contribution in [-0.4, -0.2) is 12.6 Å². The first-order valence-corrected chi connectivity index (χ1v) is 7.15. The van der Waals surface area contributed by atoms with Gasteiger partial charge < -0.3 is 5.32 Å². The van der Waals surface area contributed by atoms with Crippen LogP contribution in [0.1, 0.15) is 25.3 Å². The fourth-order valence-electron chi connectivity index (χ4n) is 2.30. The van der Waals surface area contributed by atoms with E-state index in [1.807, 2.05) is 25.1 Å². The van der Waals surface area contributed by atoms with Crippen LogP contribution in [0.15, 0.2) is 24.3 Å². The monoisotopic (exact) mass is 294 g/mol. The molecule has 0 aromatic heterocycles. The Kier molecular flexibility index (Phi) is 4.87. The van der Waals surface area contributed by atoms with Gasteiger partial charge in [0.15, 0.2) is 0 Å². The summed E-state index contributed by atoms with van der Waals surface area (Å²) in [6, 6.07) is 8.27. The number of nitriles is 1. The molecule has 1 aliphatic heterocycles. The molecule has 2 atom stereocenters. The van der Waals surface area contributed by atoms with E-state index in [1.54, 1.807) is 0 Å². The molecule has 1 aromatic carbocycles. The van der Waals surface area contributed by atoms with Crippen molar-refractivity contribution in [3.63, 3.8) is 0 Å².